The zero-order valence-corrected chi connectivity index (χ0v) is 23.5. The van der Waals surface area contributed by atoms with Gasteiger partial charge in [0.25, 0.3) is 5.79 Å². The summed E-state index contributed by atoms with van der Waals surface area (Å²) in [4.78, 5) is 54.4. The Morgan fingerprint density at radius 2 is 1.65 bits per heavy atom. The molecule has 3 heterocycles. The van der Waals surface area contributed by atoms with Crippen LogP contribution in [0.3, 0.4) is 0 Å². The third-order valence-electron chi connectivity index (χ3n) is 7.57. The highest BCUT2D eigenvalue weighted by molar-refractivity contribution is 6.07. The van der Waals surface area contributed by atoms with Gasteiger partial charge in [-0.2, -0.15) is 5.10 Å². The fourth-order valence-electron chi connectivity index (χ4n) is 5.95. The van der Waals surface area contributed by atoms with Crippen LogP contribution in [0.25, 0.3) is 0 Å². The monoisotopic (exact) mass is 548 g/mol. The molecule has 0 aliphatic carbocycles. The Hall–Kier alpha value is -4.21. The average molecular weight is 549 g/mol. The first-order valence-corrected chi connectivity index (χ1v) is 13.0. The van der Waals surface area contributed by atoms with Crippen molar-refractivity contribution in [3.8, 4) is 11.5 Å². The van der Waals surface area contributed by atoms with Gasteiger partial charge in [-0.15, -0.1) is 0 Å². The van der Waals surface area contributed by atoms with Crippen LogP contribution in [0, 0.1) is 10.8 Å². The van der Waals surface area contributed by atoms with Crippen molar-refractivity contribution in [1.82, 2.24) is 5.01 Å². The summed E-state index contributed by atoms with van der Waals surface area (Å²) in [5.74, 6) is -4.66. The van der Waals surface area contributed by atoms with E-state index in [0.717, 1.165) is 0 Å². The number of benzene rings is 2. The molecule has 0 aromatic heterocycles. The molecule has 0 unspecified atom stereocenters. The van der Waals surface area contributed by atoms with Crippen molar-refractivity contribution in [3.63, 3.8) is 0 Å². The number of esters is 3. The Labute approximate surface area is 232 Å². The van der Waals surface area contributed by atoms with E-state index in [9.17, 15) is 19.2 Å². The van der Waals surface area contributed by atoms with Crippen LogP contribution >= 0.6 is 0 Å². The van der Waals surface area contributed by atoms with E-state index in [1.54, 1.807) is 50.2 Å². The number of rotatable bonds is 4. The summed E-state index contributed by atoms with van der Waals surface area (Å²) in [7, 11) is 1.41. The molecule has 10 nitrogen and oxygen atoms in total. The first kappa shape index (κ1) is 27.4. The molecule has 1 spiro atoms. The predicted molar refractivity (Wildman–Crippen MR) is 143 cm³/mol. The maximum atomic E-state index is 14.3. The van der Waals surface area contributed by atoms with Crippen molar-refractivity contribution in [1.29, 1.82) is 0 Å². The minimum atomic E-state index is -2.00. The van der Waals surface area contributed by atoms with Crippen molar-refractivity contribution in [2.75, 3.05) is 7.11 Å². The number of cyclic esters (lactones) is 2. The zero-order valence-electron chi connectivity index (χ0n) is 23.5. The molecule has 0 N–H and O–H groups in total. The van der Waals surface area contributed by atoms with E-state index in [1.807, 2.05) is 18.2 Å². The molecule has 2 saturated heterocycles. The van der Waals surface area contributed by atoms with Crippen molar-refractivity contribution in [2.45, 2.75) is 65.3 Å². The van der Waals surface area contributed by atoms with Gasteiger partial charge in [0.05, 0.1) is 13.3 Å². The molecule has 2 aromatic rings. The lowest BCUT2D eigenvalue weighted by Gasteiger charge is -2.44. The van der Waals surface area contributed by atoms with E-state index in [0.29, 0.717) is 16.7 Å². The maximum absolute atomic E-state index is 14.3. The number of hydrogen-bond acceptors (Lipinski definition) is 10. The molecule has 2 fully saturated rings. The van der Waals surface area contributed by atoms with E-state index in [-0.39, 0.29) is 17.3 Å². The lowest BCUT2D eigenvalue weighted by Crippen LogP contribution is -2.58. The molecule has 2 aromatic carbocycles. The number of Topliss-reactive ketones (excluding diaryl/α,β-unsaturated/α-hetero) is 1. The van der Waals surface area contributed by atoms with Gasteiger partial charge >= 0.3 is 17.9 Å². The average Bonchev–Trinajstić information content (AvgIpc) is 3.18. The molecular weight excluding hydrogens is 516 g/mol. The molecule has 40 heavy (non-hydrogen) atoms. The van der Waals surface area contributed by atoms with Crippen molar-refractivity contribution in [2.24, 2.45) is 15.9 Å². The molecule has 5 rings (SSSR count). The van der Waals surface area contributed by atoms with Gasteiger partial charge in [0.1, 0.15) is 12.1 Å². The molecule has 0 saturated carbocycles. The summed E-state index contributed by atoms with van der Waals surface area (Å²) in [6.07, 6.45) is 1.62. The number of ketones is 1. The van der Waals surface area contributed by atoms with Crippen LogP contribution in [0.15, 0.2) is 47.6 Å². The van der Waals surface area contributed by atoms with Crippen LogP contribution in [-0.4, -0.2) is 53.9 Å². The highest BCUT2D eigenvalue weighted by Gasteiger charge is 2.75. The molecule has 210 valence electrons. The third kappa shape index (κ3) is 4.04. The number of nitrogens with zero attached hydrogens (tertiary/aromatic N) is 2. The van der Waals surface area contributed by atoms with Gasteiger partial charge in [-0.05, 0) is 28.8 Å². The smallest absolute Gasteiger partial charge is 0.330 e. The molecule has 0 radical (unpaired) electrons. The van der Waals surface area contributed by atoms with Crippen LogP contribution in [0.2, 0.25) is 0 Å². The fourth-order valence-corrected chi connectivity index (χ4v) is 5.95. The van der Waals surface area contributed by atoms with Gasteiger partial charge in [-0.3, -0.25) is 24.2 Å². The largest absolute Gasteiger partial charge is 0.493 e. The van der Waals surface area contributed by atoms with Gasteiger partial charge in [0.2, 0.25) is 5.41 Å². The minimum Gasteiger partial charge on any atom is -0.493 e. The third-order valence-corrected chi connectivity index (χ3v) is 7.57. The summed E-state index contributed by atoms with van der Waals surface area (Å²) in [5, 5.41) is 6.20. The first-order chi connectivity index (χ1) is 18.7. The van der Waals surface area contributed by atoms with Gasteiger partial charge in [-0.1, -0.05) is 51.1 Å². The summed E-state index contributed by atoms with van der Waals surface area (Å²) in [5.41, 5.74) is -1.09. The second kappa shape index (κ2) is 9.18. The summed E-state index contributed by atoms with van der Waals surface area (Å²) >= 11 is 0. The van der Waals surface area contributed by atoms with Crippen molar-refractivity contribution >= 4 is 29.9 Å². The lowest BCUT2D eigenvalue weighted by molar-refractivity contribution is -0.254. The van der Waals surface area contributed by atoms with E-state index in [2.05, 4.69) is 5.10 Å². The number of hydrogen-bond donors (Lipinski definition) is 0. The normalized spacial score (nSPS) is 24.1. The van der Waals surface area contributed by atoms with Gasteiger partial charge in [-0.25, -0.2) is 0 Å². The maximum Gasteiger partial charge on any atom is 0.330 e. The standard InChI is InChI=1S/C30H32N2O8/c1-16(33)38-20-13-12-17(14-21(20)37-7)22-23(25(34)28(2,3)4)32-24(19-11-9-8-10-18(19)15-31-32)30(22)26(35)39-29(5,6)40-27(30)36/h8-15,22-24H,1-7H3/t22-,23-,24+/m0/s1. The van der Waals surface area contributed by atoms with Gasteiger partial charge in [0.15, 0.2) is 17.3 Å². The predicted octanol–water partition coefficient (Wildman–Crippen LogP) is 3.91. The molecule has 3 aliphatic heterocycles. The molecule has 10 heteroatoms. The second-order valence-corrected chi connectivity index (χ2v) is 11.7. The number of methoxy groups -OCH3 is 1. The van der Waals surface area contributed by atoms with E-state index < -0.39 is 52.5 Å². The number of carbonyl (C=O) groups excluding carboxylic acids is 4. The Kier molecular flexibility index (Phi) is 6.28. The van der Waals surface area contributed by atoms with Crippen molar-refractivity contribution < 1.29 is 38.1 Å². The quantitative estimate of drug-likeness (QED) is 0.318. The highest BCUT2D eigenvalue weighted by Crippen LogP contribution is 2.63. The molecular formula is C30H32N2O8. The van der Waals surface area contributed by atoms with Crippen LogP contribution in [0.5, 0.6) is 11.5 Å². The molecule has 0 amide bonds. The summed E-state index contributed by atoms with van der Waals surface area (Å²) in [6.45, 7) is 9.57. The second-order valence-electron chi connectivity index (χ2n) is 11.7. The Morgan fingerprint density at radius 3 is 2.25 bits per heavy atom. The SMILES string of the molecule is COc1cc([C@H]2[C@@H](C(=O)C(C)(C)C)N3N=Cc4ccccc4[C@@H]3C23C(=O)OC(C)(C)OC3=O)ccc1OC(C)=O. The minimum absolute atomic E-state index is 0.153. The Morgan fingerprint density at radius 1 is 1.00 bits per heavy atom. The Balaban J connectivity index is 1.83. The van der Waals surface area contributed by atoms with Crippen LogP contribution < -0.4 is 9.47 Å². The summed E-state index contributed by atoms with van der Waals surface area (Å²) < 4.78 is 22.3. The van der Waals surface area contributed by atoms with E-state index in [1.165, 1.54) is 33.9 Å². The summed E-state index contributed by atoms with van der Waals surface area (Å²) in [6, 6.07) is 9.93. The van der Waals surface area contributed by atoms with Gasteiger partial charge < -0.3 is 18.9 Å². The zero-order chi connectivity index (χ0) is 29.2. The Bertz CT molecular complexity index is 1430. The lowest BCUT2D eigenvalue weighted by atomic mass is 9.64. The number of carbonyl (C=O) groups is 4. The van der Waals surface area contributed by atoms with Gasteiger partial charge in [0, 0.05) is 32.1 Å². The molecule has 3 atom stereocenters. The number of hydrazone groups is 1. The highest BCUT2D eigenvalue weighted by atomic mass is 16.7. The topological polar surface area (TPSA) is 121 Å². The number of ether oxygens (including phenoxy) is 4. The van der Waals surface area contributed by atoms with Crippen LogP contribution in [-0.2, 0) is 28.7 Å². The van der Waals surface area contributed by atoms with Crippen LogP contribution in [0.4, 0.5) is 0 Å². The number of fused-ring (bicyclic) bond motifs is 4. The molecule has 3 aliphatic rings. The van der Waals surface area contributed by atoms with E-state index >= 15 is 0 Å². The van der Waals surface area contributed by atoms with Crippen LogP contribution in [0.1, 0.15) is 70.2 Å². The van der Waals surface area contributed by atoms with Crippen molar-refractivity contribution in [3.05, 3.63) is 59.2 Å². The van der Waals surface area contributed by atoms with E-state index in [4.69, 9.17) is 18.9 Å². The molecule has 0 bridgehead atoms. The fraction of sp³-hybridized carbons (Fsp3) is 0.433. The first-order valence-electron chi connectivity index (χ1n) is 13.0.